The zero-order valence-electron chi connectivity index (χ0n) is 12.4. The van der Waals surface area contributed by atoms with Gasteiger partial charge in [-0.05, 0) is 36.8 Å². The molecule has 0 fully saturated rings. The molecule has 1 amide bonds. The van der Waals surface area contributed by atoms with E-state index >= 15 is 0 Å². The summed E-state index contributed by atoms with van der Waals surface area (Å²) in [5.74, 6) is -1.03. The van der Waals surface area contributed by atoms with Gasteiger partial charge in [-0.3, -0.25) is 4.79 Å². The monoisotopic (exact) mass is 372 g/mol. The molecular formula is C18H14BrFN2O. The summed E-state index contributed by atoms with van der Waals surface area (Å²) in [6, 6.07) is 15.3. The van der Waals surface area contributed by atoms with Gasteiger partial charge >= 0.3 is 0 Å². The number of hydrogen-bond donors (Lipinski definition) is 1. The van der Waals surface area contributed by atoms with E-state index in [1.54, 1.807) is 6.07 Å². The molecule has 2 rings (SSSR count). The molecule has 5 heteroatoms. The summed E-state index contributed by atoms with van der Waals surface area (Å²) < 4.78 is 14.4. The lowest BCUT2D eigenvalue weighted by molar-refractivity contribution is -0.117. The second-order valence-electron chi connectivity index (χ2n) is 4.94. The van der Waals surface area contributed by atoms with E-state index in [0.29, 0.717) is 4.47 Å². The van der Waals surface area contributed by atoms with E-state index in [9.17, 15) is 14.4 Å². The van der Waals surface area contributed by atoms with Crippen LogP contribution in [-0.2, 0) is 4.79 Å². The van der Waals surface area contributed by atoms with Crippen molar-refractivity contribution in [3.8, 4) is 6.07 Å². The van der Waals surface area contributed by atoms with Crippen molar-refractivity contribution < 1.29 is 9.18 Å². The molecule has 0 spiro atoms. The van der Waals surface area contributed by atoms with Crippen molar-refractivity contribution in [2.24, 2.45) is 0 Å². The van der Waals surface area contributed by atoms with Crippen LogP contribution in [-0.4, -0.2) is 5.91 Å². The average Bonchev–Trinajstić information content (AvgIpc) is 2.56. The van der Waals surface area contributed by atoms with Gasteiger partial charge in [0.1, 0.15) is 17.5 Å². The van der Waals surface area contributed by atoms with Gasteiger partial charge in [0.15, 0.2) is 0 Å². The molecule has 23 heavy (non-hydrogen) atoms. The van der Waals surface area contributed by atoms with Gasteiger partial charge in [0.05, 0.1) is 6.04 Å². The van der Waals surface area contributed by atoms with E-state index in [1.165, 1.54) is 18.2 Å². The Kier molecular flexibility index (Phi) is 5.67. The van der Waals surface area contributed by atoms with Crippen molar-refractivity contribution in [1.29, 1.82) is 5.26 Å². The molecule has 0 bridgehead atoms. The van der Waals surface area contributed by atoms with Gasteiger partial charge in [0.25, 0.3) is 5.91 Å². The minimum absolute atomic E-state index is 0.148. The van der Waals surface area contributed by atoms with Crippen LogP contribution in [0.4, 0.5) is 4.39 Å². The summed E-state index contributed by atoms with van der Waals surface area (Å²) in [5.41, 5.74) is 0.954. The number of halogens is 2. The summed E-state index contributed by atoms with van der Waals surface area (Å²) in [6.45, 7) is 1.82. The van der Waals surface area contributed by atoms with Gasteiger partial charge < -0.3 is 5.32 Å². The number of nitrogens with zero attached hydrogens (tertiary/aromatic N) is 1. The highest BCUT2D eigenvalue weighted by molar-refractivity contribution is 9.10. The van der Waals surface area contributed by atoms with Crippen molar-refractivity contribution in [1.82, 2.24) is 5.32 Å². The number of nitriles is 1. The van der Waals surface area contributed by atoms with Crippen molar-refractivity contribution in [3.63, 3.8) is 0 Å². The average molecular weight is 373 g/mol. The fourth-order valence-corrected chi connectivity index (χ4v) is 2.41. The molecule has 0 aliphatic carbocycles. The molecule has 0 saturated carbocycles. The maximum Gasteiger partial charge on any atom is 0.262 e. The number of rotatable bonds is 4. The highest BCUT2D eigenvalue weighted by Crippen LogP contribution is 2.19. The summed E-state index contributed by atoms with van der Waals surface area (Å²) in [4.78, 5) is 12.2. The van der Waals surface area contributed by atoms with Gasteiger partial charge in [-0.2, -0.15) is 5.26 Å². The van der Waals surface area contributed by atoms with Crippen LogP contribution in [0, 0.1) is 17.1 Å². The predicted molar refractivity (Wildman–Crippen MR) is 90.7 cm³/mol. The van der Waals surface area contributed by atoms with Crippen LogP contribution in [0.2, 0.25) is 0 Å². The van der Waals surface area contributed by atoms with Gasteiger partial charge in [-0.1, -0.05) is 46.3 Å². The minimum Gasteiger partial charge on any atom is -0.345 e. The first-order valence-electron chi connectivity index (χ1n) is 6.94. The first kappa shape index (κ1) is 16.9. The minimum atomic E-state index is -0.539. The standard InChI is InChI=1S/C18H14BrFN2O/c1-12(13-5-3-2-4-6-13)22-18(23)15(11-21)9-14-10-16(19)7-8-17(14)20/h2-10,12H,1H3,(H,22,23)/b15-9+/t12-/m1/s1. The van der Waals surface area contributed by atoms with Crippen LogP contribution >= 0.6 is 15.9 Å². The number of carbonyl (C=O) groups excluding carboxylic acids is 1. The molecule has 0 heterocycles. The number of nitrogens with one attached hydrogen (secondary N) is 1. The smallest absolute Gasteiger partial charge is 0.262 e. The molecule has 0 radical (unpaired) electrons. The number of amides is 1. The first-order chi connectivity index (χ1) is 11.0. The highest BCUT2D eigenvalue weighted by Gasteiger charge is 2.14. The predicted octanol–water partition coefficient (Wildman–Crippen LogP) is 4.37. The van der Waals surface area contributed by atoms with Crippen LogP contribution in [0.5, 0.6) is 0 Å². The Morgan fingerprint density at radius 3 is 2.65 bits per heavy atom. The third kappa shape index (κ3) is 4.51. The zero-order valence-corrected chi connectivity index (χ0v) is 14.0. The molecule has 2 aromatic rings. The van der Waals surface area contributed by atoms with Crippen LogP contribution in [0.15, 0.2) is 58.6 Å². The first-order valence-corrected chi connectivity index (χ1v) is 7.73. The van der Waals surface area contributed by atoms with Crippen molar-refractivity contribution in [3.05, 3.63) is 75.5 Å². The Hall–Kier alpha value is -2.45. The van der Waals surface area contributed by atoms with Crippen LogP contribution in [0.3, 0.4) is 0 Å². The van der Waals surface area contributed by atoms with Crippen LogP contribution in [0.1, 0.15) is 24.1 Å². The Balaban J connectivity index is 2.20. The van der Waals surface area contributed by atoms with Crippen LogP contribution in [0.25, 0.3) is 6.08 Å². The number of hydrogen-bond acceptors (Lipinski definition) is 2. The molecule has 1 N–H and O–H groups in total. The molecule has 0 aliphatic rings. The van der Waals surface area contributed by atoms with Crippen LogP contribution < -0.4 is 5.32 Å². The SMILES string of the molecule is C[C@@H](NC(=O)/C(C#N)=C/c1cc(Br)ccc1F)c1ccccc1. The molecule has 0 saturated heterocycles. The van der Waals surface area contributed by atoms with E-state index in [1.807, 2.05) is 43.3 Å². The molecule has 2 aromatic carbocycles. The third-order valence-corrected chi connectivity index (χ3v) is 3.76. The van der Waals surface area contributed by atoms with Crippen molar-refractivity contribution in [2.75, 3.05) is 0 Å². The third-order valence-electron chi connectivity index (χ3n) is 3.27. The molecule has 1 atom stereocenters. The normalized spacial score (nSPS) is 12.3. The Morgan fingerprint density at radius 2 is 2.00 bits per heavy atom. The quantitative estimate of drug-likeness (QED) is 0.639. The molecule has 0 aliphatic heterocycles. The van der Waals surface area contributed by atoms with E-state index < -0.39 is 11.7 Å². The fourth-order valence-electron chi connectivity index (χ4n) is 2.03. The van der Waals surface area contributed by atoms with Crippen molar-refractivity contribution in [2.45, 2.75) is 13.0 Å². The number of carbonyl (C=O) groups is 1. The Morgan fingerprint density at radius 1 is 1.30 bits per heavy atom. The topological polar surface area (TPSA) is 52.9 Å². The molecule has 3 nitrogen and oxygen atoms in total. The maximum atomic E-state index is 13.8. The van der Waals surface area contributed by atoms with E-state index in [0.717, 1.165) is 5.56 Å². The number of benzene rings is 2. The van der Waals surface area contributed by atoms with Crippen molar-refractivity contribution >= 4 is 27.9 Å². The summed E-state index contributed by atoms with van der Waals surface area (Å²) in [6.07, 6.45) is 1.24. The zero-order chi connectivity index (χ0) is 16.8. The largest absolute Gasteiger partial charge is 0.345 e. The van der Waals surface area contributed by atoms with Gasteiger partial charge in [-0.15, -0.1) is 0 Å². The maximum absolute atomic E-state index is 13.8. The van der Waals surface area contributed by atoms with E-state index in [2.05, 4.69) is 21.2 Å². The van der Waals surface area contributed by atoms with Gasteiger partial charge in [0, 0.05) is 10.0 Å². The lowest BCUT2D eigenvalue weighted by Gasteiger charge is -2.13. The Labute approximate surface area is 142 Å². The van der Waals surface area contributed by atoms with Gasteiger partial charge in [0.2, 0.25) is 0 Å². The van der Waals surface area contributed by atoms with E-state index in [4.69, 9.17) is 0 Å². The lowest BCUT2D eigenvalue weighted by atomic mass is 10.1. The summed E-state index contributed by atoms with van der Waals surface area (Å²) >= 11 is 3.24. The van der Waals surface area contributed by atoms with E-state index in [-0.39, 0.29) is 17.2 Å². The molecule has 116 valence electrons. The molecule has 0 unspecified atom stereocenters. The fraction of sp³-hybridized carbons (Fsp3) is 0.111. The summed E-state index contributed by atoms with van der Waals surface area (Å²) in [5, 5.41) is 11.9. The molecule has 0 aromatic heterocycles. The summed E-state index contributed by atoms with van der Waals surface area (Å²) in [7, 11) is 0. The second-order valence-corrected chi connectivity index (χ2v) is 5.86. The van der Waals surface area contributed by atoms with Gasteiger partial charge in [-0.25, -0.2) is 4.39 Å². The lowest BCUT2D eigenvalue weighted by Crippen LogP contribution is -2.27. The molecular weight excluding hydrogens is 359 g/mol. The highest BCUT2D eigenvalue weighted by atomic mass is 79.9. The Bertz CT molecular complexity index is 781. The second kappa shape index (κ2) is 7.70.